The van der Waals surface area contributed by atoms with Gasteiger partial charge in [0.2, 0.25) is 11.8 Å². The molecule has 1 N–H and O–H groups in total. The van der Waals surface area contributed by atoms with Crippen molar-refractivity contribution in [3.05, 3.63) is 64.1 Å². The van der Waals surface area contributed by atoms with Crippen molar-refractivity contribution in [3.8, 4) is 5.75 Å². The molecule has 0 fully saturated rings. The zero-order valence-electron chi connectivity index (χ0n) is 17.4. The molecule has 0 saturated carbocycles. The van der Waals surface area contributed by atoms with Crippen molar-refractivity contribution >= 4 is 35.0 Å². The second kappa shape index (κ2) is 12.5. The minimum atomic E-state index is -0.570. The molecule has 2 aromatic rings. The molecule has 0 aliphatic heterocycles. The first-order chi connectivity index (χ1) is 14.5. The lowest BCUT2D eigenvalue weighted by molar-refractivity contribution is -0.141. The van der Waals surface area contributed by atoms with E-state index in [1.165, 1.54) is 0 Å². The molecule has 30 heavy (non-hydrogen) atoms. The second-order valence-electron chi connectivity index (χ2n) is 6.84. The summed E-state index contributed by atoms with van der Waals surface area (Å²) in [6.07, 6.45) is 1.32. The van der Waals surface area contributed by atoms with Gasteiger partial charge in [0.1, 0.15) is 11.8 Å². The van der Waals surface area contributed by atoms with Crippen molar-refractivity contribution in [1.29, 1.82) is 0 Å². The predicted octanol–water partition coefficient (Wildman–Crippen LogP) is 5.10. The van der Waals surface area contributed by atoms with E-state index in [0.717, 1.165) is 11.3 Å². The van der Waals surface area contributed by atoms with E-state index >= 15 is 0 Å². The maximum absolute atomic E-state index is 13.1. The number of nitrogens with zero attached hydrogens (tertiary/aromatic N) is 1. The number of hydrogen-bond acceptors (Lipinski definition) is 3. The summed E-state index contributed by atoms with van der Waals surface area (Å²) >= 11 is 12.3. The summed E-state index contributed by atoms with van der Waals surface area (Å²) in [5.74, 6) is 0.485. The molecule has 0 bridgehead atoms. The minimum Gasteiger partial charge on any atom is -0.494 e. The van der Waals surface area contributed by atoms with Crippen LogP contribution in [0.2, 0.25) is 10.0 Å². The van der Waals surface area contributed by atoms with E-state index in [4.69, 9.17) is 27.9 Å². The minimum absolute atomic E-state index is 0.115. The Kier molecular flexibility index (Phi) is 9.98. The molecule has 162 valence electrons. The Morgan fingerprint density at radius 2 is 1.83 bits per heavy atom. The molecule has 0 aromatic heterocycles. The first-order valence-electron chi connectivity index (χ1n) is 10.1. The third kappa shape index (κ3) is 7.22. The third-order valence-corrected chi connectivity index (χ3v) is 5.23. The molecular formula is C23H28Cl2N2O3. The van der Waals surface area contributed by atoms with Gasteiger partial charge in [0.25, 0.3) is 0 Å². The number of halogens is 2. The van der Waals surface area contributed by atoms with E-state index in [-0.39, 0.29) is 24.8 Å². The van der Waals surface area contributed by atoms with Gasteiger partial charge in [-0.25, -0.2) is 0 Å². The van der Waals surface area contributed by atoms with Crippen LogP contribution in [0, 0.1) is 0 Å². The van der Waals surface area contributed by atoms with E-state index in [2.05, 4.69) is 5.32 Å². The highest BCUT2D eigenvalue weighted by molar-refractivity contribution is 6.35. The molecule has 5 nitrogen and oxygen atoms in total. The van der Waals surface area contributed by atoms with Gasteiger partial charge >= 0.3 is 0 Å². The first-order valence-corrected chi connectivity index (χ1v) is 10.9. The largest absolute Gasteiger partial charge is 0.494 e. The predicted molar refractivity (Wildman–Crippen MR) is 121 cm³/mol. The van der Waals surface area contributed by atoms with Crippen LogP contribution in [-0.4, -0.2) is 35.9 Å². The van der Waals surface area contributed by atoms with Crippen LogP contribution in [0.1, 0.15) is 38.7 Å². The molecule has 0 saturated heterocycles. The zero-order chi connectivity index (χ0) is 21.9. The normalized spacial score (nSPS) is 11.6. The molecule has 0 aliphatic carbocycles. The smallest absolute Gasteiger partial charge is 0.242 e. The van der Waals surface area contributed by atoms with Crippen LogP contribution < -0.4 is 10.1 Å². The molecule has 0 spiro atoms. The number of likely N-dealkylation sites (N-methyl/N-ethyl adjacent to an activating group) is 1. The molecule has 1 atom stereocenters. The fourth-order valence-corrected chi connectivity index (χ4v) is 3.59. The molecule has 0 radical (unpaired) electrons. The Balaban J connectivity index is 2.08. The van der Waals surface area contributed by atoms with Crippen LogP contribution in [0.5, 0.6) is 5.75 Å². The van der Waals surface area contributed by atoms with Gasteiger partial charge in [-0.05, 0) is 49.6 Å². The van der Waals surface area contributed by atoms with Crippen molar-refractivity contribution in [2.45, 2.75) is 45.7 Å². The lowest BCUT2D eigenvalue weighted by Gasteiger charge is -2.31. The molecular weight excluding hydrogens is 423 g/mol. The highest BCUT2D eigenvalue weighted by Gasteiger charge is 2.28. The molecule has 2 aromatic carbocycles. The Morgan fingerprint density at radius 3 is 2.47 bits per heavy atom. The maximum Gasteiger partial charge on any atom is 0.242 e. The zero-order valence-corrected chi connectivity index (χ0v) is 18.9. The van der Waals surface area contributed by atoms with Crippen molar-refractivity contribution in [1.82, 2.24) is 10.2 Å². The van der Waals surface area contributed by atoms with Crippen molar-refractivity contribution in [3.63, 3.8) is 0 Å². The third-order valence-electron chi connectivity index (χ3n) is 4.64. The number of ether oxygens (including phenoxy) is 1. The Bertz CT molecular complexity index is 830. The summed E-state index contributed by atoms with van der Waals surface area (Å²) in [5.41, 5.74) is 0.748. The average Bonchev–Trinajstić information content (AvgIpc) is 2.73. The average molecular weight is 451 g/mol. The topological polar surface area (TPSA) is 58.6 Å². The monoisotopic (exact) mass is 450 g/mol. The number of carbonyl (C=O) groups is 2. The summed E-state index contributed by atoms with van der Waals surface area (Å²) in [6.45, 7) is 4.91. The van der Waals surface area contributed by atoms with Gasteiger partial charge in [-0.1, -0.05) is 54.4 Å². The number of rotatable bonds is 11. The first kappa shape index (κ1) is 24.0. The van der Waals surface area contributed by atoms with Crippen LogP contribution in [-0.2, 0) is 16.1 Å². The molecule has 2 rings (SSSR count). The number of nitrogens with one attached hydrogen (secondary N) is 1. The van der Waals surface area contributed by atoms with Crippen LogP contribution in [0.4, 0.5) is 0 Å². The number of carbonyl (C=O) groups excluding carboxylic acids is 2. The fourth-order valence-electron chi connectivity index (χ4n) is 3.12. The summed E-state index contributed by atoms with van der Waals surface area (Å²) in [5, 5.41) is 3.81. The summed E-state index contributed by atoms with van der Waals surface area (Å²) < 4.78 is 5.67. The van der Waals surface area contributed by atoms with Crippen molar-refractivity contribution in [2.24, 2.45) is 0 Å². The van der Waals surface area contributed by atoms with Crippen LogP contribution in [0.15, 0.2) is 48.5 Å². The molecule has 0 aliphatic rings. The second-order valence-corrected chi connectivity index (χ2v) is 7.68. The van der Waals surface area contributed by atoms with E-state index in [1.807, 2.05) is 44.2 Å². The van der Waals surface area contributed by atoms with Crippen LogP contribution >= 0.6 is 23.2 Å². The molecule has 2 amide bonds. The quantitative estimate of drug-likeness (QED) is 0.484. The molecule has 0 heterocycles. The van der Waals surface area contributed by atoms with Crippen molar-refractivity contribution < 1.29 is 14.3 Å². The van der Waals surface area contributed by atoms with E-state index in [0.29, 0.717) is 36.0 Å². The van der Waals surface area contributed by atoms with Gasteiger partial charge in [0, 0.05) is 29.6 Å². The number of hydrogen-bond donors (Lipinski definition) is 1. The van der Waals surface area contributed by atoms with E-state index in [1.54, 1.807) is 23.1 Å². The SMILES string of the molecule is CCNC(=O)C(CC)N(Cc1ccc(Cl)cc1Cl)C(=O)CCCOc1ccccc1. The lowest BCUT2D eigenvalue weighted by atomic mass is 10.1. The van der Waals surface area contributed by atoms with Gasteiger partial charge in [0.15, 0.2) is 0 Å². The van der Waals surface area contributed by atoms with E-state index in [9.17, 15) is 9.59 Å². The number of amides is 2. The van der Waals surface area contributed by atoms with Crippen LogP contribution in [0.25, 0.3) is 0 Å². The standard InChI is InChI=1S/C23H28Cl2N2O3/c1-3-21(23(29)26-4-2)27(16-17-12-13-18(24)15-20(17)25)22(28)11-8-14-30-19-9-6-5-7-10-19/h5-7,9-10,12-13,15,21H,3-4,8,11,14,16H2,1-2H3,(H,26,29). The Hall–Kier alpha value is -2.24. The van der Waals surface area contributed by atoms with Crippen molar-refractivity contribution in [2.75, 3.05) is 13.2 Å². The summed E-state index contributed by atoms with van der Waals surface area (Å²) in [7, 11) is 0. The van der Waals surface area contributed by atoms with Gasteiger partial charge < -0.3 is 15.0 Å². The van der Waals surface area contributed by atoms with Crippen LogP contribution in [0.3, 0.4) is 0 Å². The molecule has 1 unspecified atom stereocenters. The lowest BCUT2D eigenvalue weighted by Crippen LogP contribution is -2.49. The van der Waals surface area contributed by atoms with E-state index < -0.39 is 6.04 Å². The Morgan fingerprint density at radius 1 is 1.10 bits per heavy atom. The highest BCUT2D eigenvalue weighted by Crippen LogP contribution is 2.24. The fraction of sp³-hybridized carbons (Fsp3) is 0.391. The maximum atomic E-state index is 13.1. The highest BCUT2D eigenvalue weighted by atomic mass is 35.5. The Labute approximate surface area is 188 Å². The summed E-state index contributed by atoms with van der Waals surface area (Å²) in [6, 6.07) is 14.0. The number of para-hydroxylation sites is 1. The molecule has 7 heteroatoms. The van der Waals surface area contributed by atoms with Gasteiger partial charge in [-0.15, -0.1) is 0 Å². The van der Waals surface area contributed by atoms with Gasteiger partial charge in [-0.3, -0.25) is 9.59 Å². The van der Waals surface area contributed by atoms with Gasteiger partial charge in [-0.2, -0.15) is 0 Å². The number of benzene rings is 2. The van der Waals surface area contributed by atoms with Gasteiger partial charge in [0.05, 0.1) is 6.61 Å². The summed E-state index contributed by atoms with van der Waals surface area (Å²) in [4.78, 5) is 27.2.